The van der Waals surface area contributed by atoms with Crippen LogP contribution in [0.25, 0.3) is 17.2 Å². The minimum Gasteiger partial charge on any atom is -0.365 e. The molecule has 1 atom stereocenters. The van der Waals surface area contributed by atoms with Crippen molar-refractivity contribution >= 4 is 17.4 Å². The Labute approximate surface area is 208 Å². The third-order valence-electron chi connectivity index (χ3n) is 6.50. The van der Waals surface area contributed by atoms with Gasteiger partial charge in [0.05, 0.1) is 6.20 Å². The van der Waals surface area contributed by atoms with Crippen LogP contribution in [0.3, 0.4) is 0 Å². The Hall–Kier alpha value is -3.88. The molecule has 0 radical (unpaired) electrons. The second kappa shape index (κ2) is 10.8. The lowest BCUT2D eigenvalue weighted by molar-refractivity contribution is -0.132. The predicted octanol–water partition coefficient (Wildman–Crippen LogP) is 4.89. The number of imidazole rings is 1. The number of benzene rings is 1. The Morgan fingerprint density at radius 1 is 1.03 bits per heavy atom. The Morgan fingerprint density at radius 2 is 1.86 bits per heavy atom. The van der Waals surface area contributed by atoms with E-state index in [4.69, 9.17) is 0 Å². The van der Waals surface area contributed by atoms with Crippen LogP contribution in [-0.2, 0) is 11.2 Å². The van der Waals surface area contributed by atoms with E-state index in [2.05, 4.69) is 20.3 Å². The average Bonchev–Trinajstić information content (AvgIpc) is 3.31. The number of hydrogen-bond acceptors (Lipinski definition) is 5. The van der Waals surface area contributed by atoms with Gasteiger partial charge in [0.15, 0.2) is 5.82 Å². The highest BCUT2D eigenvalue weighted by Crippen LogP contribution is 2.21. The summed E-state index contributed by atoms with van der Waals surface area (Å²) in [6, 6.07) is 11.4. The predicted molar refractivity (Wildman–Crippen MR) is 133 cm³/mol. The largest absolute Gasteiger partial charge is 0.365 e. The maximum atomic E-state index is 13.7. The van der Waals surface area contributed by atoms with Gasteiger partial charge < -0.3 is 10.2 Å². The first kappa shape index (κ1) is 23.8. The first-order valence-electron chi connectivity index (χ1n) is 12.3. The lowest BCUT2D eigenvalue weighted by Gasteiger charge is -2.33. The van der Waals surface area contributed by atoms with E-state index in [0.717, 1.165) is 44.2 Å². The molecule has 1 aromatic carbocycles. The average molecular weight is 491 g/mol. The van der Waals surface area contributed by atoms with Crippen molar-refractivity contribution in [1.82, 2.24) is 24.3 Å². The molecule has 186 valence electrons. The zero-order valence-electron chi connectivity index (χ0n) is 19.9. The highest BCUT2D eigenvalue weighted by molar-refractivity contribution is 5.76. The number of nitrogens with zero attached hydrogens (tertiary/aromatic N) is 5. The third kappa shape index (κ3) is 5.67. The summed E-state index contributed by atoms with van der Waals surface area (Å²) >= 11 is 0. The minimum absolute atomic E-state index is 0.0873. The fourth-order valence-electron chi connectivity index (χ4n) is 4.63. The normalized spacial score (nSPS) is 15.8. The summed E-state index contributed by atoms with van der Waals surface area (Å²) < 4.78 is 28.4. The topological polar surface area (TPSA) is 75.4 Å². The van der Waals surface area contributed by atoms with E-state index in [1.165, 1.54) is 24.4 Å². The maximum absolute atomic E-state index is 13.7. The molecule has 1 N–H and O–H groups in total. The van der Waals surface area contributed by atoms with Crippen molar-refractivity contribution in [2.75, 3.05) is 18.4 Å². The number of unbranched alkanes of at least 4 members (excludes halogenated alkanes) is 1. The zero-order chi connectivity index (χ0) is 24.9. The molecular formula is C27H28F2N6O. The summed E-state index contributed by atoms with van der Waals surface area (Å²) in [6.07, 6.45) is 9.57. The number of anilines is 1. The highest BCUT2D eigenvalue weighted by atomic mass is 19.1. The van der Waals surface area contributed by atoms with Gasteiger partial charge in [-0.05, 0) is 68.0 Å². The zero-order valence-corrected chi connectivity index (χ0v) is 19.9. The van der Waals surface area contributed by atoms with Gasteiger partial charge in [0.1, 0.15) is 28.8 Å². The molecule has 0 spiro atoms. The van der Waals surface area contributed by atoms with E-state index >= 15 is 0 Å². The number of piperidine rings is 1. The maximum Gasteiger partial charge on any atom is 0.222 e. The molecule has 3 aromatic heterocycles. The Bertz CT molecular complexity index is 1340. The van der Waals surface area contributed by atoms with Crippen molar-refractivity contribution in [2.45, 2.75) is 44.6 Å². The van der Waals surface area contributed by atoms with Gasteiger partial charge in [0, 0.05) is 37.9 Å². The molecule has 0 unspecified atom stereocenters. The van der Waals surface area contributed by atoms with Crippen molar-refractivity contribution in [2.24, 2.45) is 0 Å². The molecule has 1 aliphatic heterocycles. The number of aryl methyl sites for hydroxylation is 1. The second-order valence-corrected chi connectivity index (χ2v) is 9.14. The number of nitrogens with one attached hydrogen (secondary N) is 1. The van der Waals surface area contributed by atoms with Crippen molar-refractivity contribution < 1.29 is 13.6 Å². The van der Waals surface area contributed by atoms with E-state index < -0.39 is 0 Å². The number of halogens is 2. The number of amides is 1. The van der Waals surface area contributed by atoms with Gasteiger partial charge in [-0.25, -0.2) is 23.7 Å². The van der Waals surface area contributed by atoms with Gasteiger partial charge in [-0.1, -0.05) is 12.1 Å². The van der Waals surface area contributed by atoms with Gasteiger partial charge in [-0.3, -0.25) is 9.20 Å². The Kier molecular flexibility index (Phi) is 7.16. The summed E-state index contributed by atoms with van der Waals surface area (Å²) in [5.74, 6) is 0.675. The molecular weight excluding hydrogens is 462 g/mol. The molecule has 1 saturated heterocycles. The third-order valence-corrected chi connectivity index (χ3v) is 6.50. The summed E-state index contributed by atoms with van der Waals surface area (Å²) in [5, 5.41) is 3.44. The van der Waals surface area contributed by atoms with E-state index in [-0.39, 0.29) is 23.6 Å². The van der Waals surface area contributed by atoms with Crippen molar-refractivity contribution in [1.29, 1.82) is 0 Å². The van der Waals surface area contributed by atoms with Crippen LogP contribution in [-0.4, -0.2) is 49.3 Å². The quantitative estimate of drug-likeness (QED) is 0.356. The fraction of sp³-hybridized carbons (Fsp3) is 0.333. The number of carbonyl (C=O) groups excluding carboxylic acids is 1. The van der Waals surface area contributed by atoms with Crippen molar-refractivity contribution in [3.8, 4) is 11.5 Å². The standard InChI is InChI=1S/C27H28F2N6O/c28-20-9-7-19(8-10-20)4-1-2-6-26(36)34-15-3-5-22(18-34)32-24-13-14-30-27(33-24)23-16-31-25-12-11-21(29)17-35(23)25/h7-14,16-17,22H,1-6,15,18H2,(H,30,32,33)/t22-/m1/s1. The molecule has 1 fully saturated rings. The smallest absolute Gasteiger partial charge is 0.222 e. The number of rotatable bonds is 8. The summed E-state index contributed by atoms with van der Waals surface area (Å²) in [5.41, 5.74) is 2.31. The Morgan fingerprint density at radius 3 is 2.72 bits per heavy atom. The Balaban J connectivity index is 1.15. The minimum atomic E-state index is -0.363. The molecule has 4 heterocycles. The van der Waals surface area contributed by atoms with Gasteiger partial charge in [0.25, 0.3) is 0 Å². The monoisotopic (exact) mass is 490 g/mol. The van der Waals surface area contributed by atoms with Crippen LogP contribution in [0.1, 0.15) is 37.7 Å². The summed E-state index contributed by atoms with van der Waals surface area (Å²) in [6.45, 7) is 1.38. The number of fused-ring (bicyclic) bond motifs is 1. The molecule has 0 bridgehead atoms. The molecule has 7 nitrogen and oxygen atoms in total. The highest BCUT2D eigenvalue weighted by Gasteiger charge is 2.23. The second-order valence-electron chi connectivity index (χ2n) is 9.14. The first-order chi connectivity index (χ1) is 17.5. The van der Waals surface area contributed by atoms with Crippen LogP contribution in [0.2, 0.25) is 0 Å². The summed E-state index contributed by atoms with van der Waals surface area (Å²) in [7, 11) is 0. The fourth-order valence-corrected chi connectivity index (χ4v) is 4.63. The number of aromatic nitrogens is 4. The molecule has 0 saturated carbocycles. The van der Waals surface area contributed by atoms with Gasteiger partial charge >= 0.3 is 0 Å². The number of hydrogen-bond donors (Lipinski definition) is 1. The van der Waals surface area contributed by atoms with Crippen molar-refractivity contribution in [3.05, 3.63) is 78.3 Å². The van der Waals surface area contributed by atoms with Crippen LogP contribution < -0.4 is 5.32 Å². The first-order valence-corrected chi connectivity index (χ1v) is 12.3. The van der Waals surface area contributed by atoms with Crippen LogP contribution in [0.4, 0.5) is 14.6 Å². The number of carbonyl (C=O) groups is 1. The molecule has 4 aromatic rings. The number of pyridine rings is 1. The van der Waals surface area contributed by atoms with Crippen LogP contribution in [0, 0.1) is 11.6 Å². The van der Waals surface area contributed by atoms with Crippen LogP contribution in [0.5, 0.6) is 0 Å². The lowest BCUT2D eigenvalue weighted by atomic mass is 10.0. The van der Waals surface area contributed by atoms with E-state index in [1.807, 2.05) is 4.90 Å². The molecule has 5 rings (SSSR count). The van der Waals surface area contributed by atoms with E-state index in [1.54, 1.807) is 41.1 Å². The molecule has 0 aliphatic carbocycles. The summed E-state index contributed by atoms with van der Waals surface area (Å²) in [4.78, 5) is 28.0. The van der Waals surface area contributed by atoms with Crippen molar-refractivity contribution in [3.63, 3.8) is 0 Å². The van der Waals surface area contributed by atoms with E-state index in [9.17, 15) is 13.6 Å². The molecule has 1 amide bonds. The molecule has 36 heavy (non-hydrogen) atoms. The molecule has 9 heteroatoms. The SMILES string of the molecule is O=C(CCCCc1ccc(F)cc1)N1CCC[C@@H](Nc2ccnc(-c3cnc4ccc(F)cn34)n2)C1. The van der Waals surface area contributed by atoms with Crippen LogP contribution in [0.15, 0.2) is 61.1 Å². The van der Waals surface area contributed by atoms with Gasteiger partial charge in [-0.15, -0.1) is 0 Å². The van der Waals surface area contributed by atoms with E-state index in [0.29, 0.717) is 35.9 Å². The van der Waals surface area contributed by atoms with Gasteiger partial charge in [-0.2, -0.15) is 0 Å². The molecule has 1 aliphatic rings. The van der Waals surface area contributed by atoms with Crippen LogP contribution >= 0.6 is 0 Å². The van der Waals surface area contributed by atoms with Gasteiger partial charge in [0.2, 0.25) is 5.91 Å². The number of likely N-dealkylation sites (tertiary alicyclic amines) is 1. The lowest BCUT2D eigenvalue weighted by Crippen LogP contribution is -2.45.